The number of nitrogens with zero attached hydrogens (tertiary/aromatic N) is 1. The van der Waals surface area contributed by atoms with Crippen molar-refractivity contribution in [3.63, 3.8) is 0 Å². The maximum atomic E-state index is 12.4. The topological polar surface area (TPSA) is 81.1 Å². The maximum Gasteiger partial charge on any atom is 0.273 e. The van der Waals surface area contributed by atoms with Crippen LogP contribution < -0.4 is 11.1 Å². The maximum absolute atomic E-state index is 12.4. The standard InChI is InChI=1S/C18H23N3O2/c19-12-16(13-7-3-1-4-8-13)20-18(22)15-11-17(23-21-15)14-9-5-2-6-10-14/h2,5-6,9-11,13,16H,1,3-4,7-8,12,19H2,(H,20,22). The van der Waals surface area contributed by atoms with Gasteiger partial charge in [-0.3, -0.25) is 4.79 Å². The van der Waals surface area contributed by atoms with Gasteiger partial charge >= 0.3 is 0 Å². The van der Waals surface area contributed by atoms with E-state index in [-0.39, 0.29) is 11.9 Å². The van der Waals surface area contributed by atoms with Crippen molar-refractivity contribution in [2.24, 2.45) is 11.7 Å². The molecule has 1 aromatic carbocycles. The van der Waals surface area contributed by atoms with E-state index in [0.29, 0.717) is 23.9 Å². The molecule has 3 N–H and O–H groups in total. The van der Waals surface area contributed by atoms with Crippen molar-refractivity contribution in [2.75, 3.05) is 6.54 Å². The van der Waals surface area contributed by atoms with Gasteiger partial charge in [-0.15, -0.1) is 0 Å². The van der Waals surface area contributed by atoms with Crippen LogP contribution in [-0.4, -0.2) is 23.7 Å². The Hall–Kier alpha value is -2.14. The second-order valence-electron chi connectivity index (χ2n) is 6.16. The lowest BCUT2D eigenvalue weighted by molar-refractivity contribution is 0.0906. The molecule has 0 saturated heterocycles. The molecule has 3 rings (SSSR count). The summed E-state index contributed by atoms with van der Waals surface area (Å²) in [4.78, 5) is 12.4. The Balaban J connectivity index is 1.67. The molecule has 0 radical (unpaired) electrons. The number of amides is 1. The molecule has 1 aromatic heterocycles. The first kappa shape index (κ1) is 15.7. The van der Waals surface area contributed by atoms with Crippen LogP contribution in [0.5, 0.6) is 0 Å². The molecular formula is C18H23N3O2. The van der Waals surface area contributed by atoms with Crippen LogP contribution >= 0.6 is 0 Å². The first-order chi connectivity index (χ1) is 11.3. The predicted octanol–water partition coefficient (Wildman–Crippen LogP) is 2.98. The van der Waals surface area contributed by atoms with Gasteiger partial charge in [0.05, 0.1) is 0 Å². The Bertz CT molecular complexity index is 633. The fourth-order valence-electron chi connectivity index (χ4n) is 3.27. The highest BCUT2D eigenvalue weighted by Gasteiger charge is 2.25. The van der Waals surface area contributed by atoms with Gasteiger partial charge in [-0.25, -0.2) is 0 Å². The van der Waals surface area contributed by atoms with Crippen LogP contribution in [0.4, 0.5) is 0 Å². The smallest absolute Gasteiger partial charge is 0.273 e. The molecule has 0 bridgehead atoms. The average molecular weight is 313 g/mol. The van der Waals surface area contributed by atoms with Crippen molar-refractivity contribution < 1.29 is 9.32 Å². The Morgan fingerprint density at radius 3 is 2.70 bits per heavy atom. The van der Waals surface area contributed by atoms with Gasteiger partial charge in [0.25, 0.3) is 5.91 Å². The summed E-state index contributed by atoms with van der Waals surface area (Å²) < 4.78 is 5.29. The molecule has 1 aliphatic rings. The number of nitrogens with one attached hydrogen (secondary N) is 1. The molecular weight excluding hydrogens is 290 g/mol. The van der Waals surface area contributed by atoms with Crippen LogP contribution in [0.25, 0.3) is 11.3 Å². The van der Waals surface area contributed by atoms with Gasteiger partial charge in [-0.2, -0.15) is 0 Å². The van der Waals surface area contributed by atoms with Crippen LogP contribution in [0.1, 0.15) is 42.6 Å². The van der Waals surface area contributed by atoms with Gasteiger partial charge in [0.15, 0.2) is 11.5 Å². The molecule has 23 heavy (non-hydrogen) atoms. The molecule has 5 heteroatoms. The van der Waals surface area contributed by atoms with Gasteiger partial charge in [-0.1, -0.05) is 54.8 Å². The molecule has 5 nitrogen and oxygen atoms in total. The number of benzene rings is 1. The minimum Gasteiger partial charge on any atom is -0.355 e. The number of nitrogens with two attached hydrogens (primary N) is 1. The Kier molecular flexibility index (Phi) is 5.08. The third-order valence-corrected chi connectivity index (χ3v) is 4.59. The summed E-state index contributed by atoms with van der Waals surface area (Å²) in [6.45, 7) is 0.458. The van der Waals surface area contributed by atoms with Crippen LogP contribution in [0.15, 0.2) is 40.9 Å². The molecule has 2 aromatic rings. The first-order valence-electron chi connectivity index (χ1n) is 8.31. The van der Waals surface area contributed by atoms with E-state index in [2.05, 4.69) is 10.5 Å². The average Bonchev–Trinajstić information content (AvgIpc) is 3.11. The fraction of sp³-hybridized carbons (Fsp3) is 0.444. The molecule has 1 unspecified atom stereocenters. The molecule has 1 fully saturated rings. The molecule has 0 aliphatic heterocycles. The molecule has 122 valence electrons. The zero-order valence-electron chi connectivity index (χ0n) is 13.2. The van der Waals surface area contributed by atoms with Crippen molar-refractivity contribution >= 4 is 5.91 Å². The van der Waals surface area contributed by atoms with Crippen molar-refractivity contribution in [1.29, 1.82) is 0 Å². The molecule has 0 spiro atoms. The van der Waals surface area contributed by atoms with Crippen LogP contribution in [0.3, 0.4) is 0 Å². The molecule has 1 amide bonds. The van der Waals surface area contributed by atoms with E-state index in [0.717, 1.165) is 18.4 Å². The summed E-state index contributed by atoms with van der Waals surface area (Å²) in [6, 6.07) is 11.3. The third kappa shape index (κ3) is 3.79. The zero-order chi connectivity index (χ0) is 16.1. The first-order valence-corrected chi connectivity index (χ1v) is 8.31. The van der Waals surface area contributed by atoms with E-state index in [1.54, 1.807) is 6.07 Å². The van der Waals surface area contributed by atoms with Gasteiger partial charge in [0.2, 0.25) is 0 Å². The minimum atomic E-state index is -0.211. The Morgan fingerprint density at radius 1 is 1.26 bits per heavy atom. The zero-order valence-corrected chi connectivity index (χ0v) is 13.2. The third-order valence-electron chi connectivity index (χ3n) is 4.59. The number of carbonyl (C=O) groups excluding carboxylic acids is 1. The normalized spacial score (nSPS) is 16.9. The van der Waals surface area contributed by atoms with Crippen LogP contribution in [0.2, 0.25) is 0 Å². The number of hydrogen-bond donors (Lipinski definition) is 2. The SMILES string of the molecule is NCC(NC(=O)c1cc(-c2ccccc2)on1)C1CCCCC1. The summed E-state index contributed by atoms with van der Waals surface area (Å²) in [5, 5.41) is 6.93. The summed E-state index contributed by atoms with van der Waals surface area (Å²) in [7, 11) is 0. The molecule has 1 aliphatic carbocycles. The quantitative estimate of drug-likeness (QED) is 0.889. The van der Waals surface area contributed by atoms with Crippen molar-refractivity contribution in [1.82, 2.24) is 10.5 Å². The lowest BCUT2D eigenvalue weighted by atomic mass is 9.84. The van der Waals surface area contributed by atoms with Gasteiger partial charge in [0.1, 0.15) is 0 Å². The summed E-state index contributed by atoms with van der Waals surface area (Å²) in [6.07, 6.45) is 6.00. The lowest BCUT2D eigenvalue weighted by Gasteiger charge is -2.29. The summed E-state index contributed by atoms with van der Waals surface area (Å²) in [5.41, 5.74) is 7.08. The predicted molar refractivity (Wildman–Crippen MR) is 88.8 cm³/mol. The molecule has 1 atom stereocenters. The van der Waals surface area contributed by atoms with E-state index < -0.39 is 0 Å². The van der Waals surface area contributed by atoms with E-state index in [1.165, 1.54) is 19.3 Å². The number of hydrogen-bond acceptors (Lipinski definition) is 4. The fourth-order valence-corrected chi connectivity index (χ4v) is 3.27. The van der Waals surface area contributed by atoms with Gasteiger partial charge in [0, 0.05) is 24.2 Å². The number of rotatable bonds is 5. The summed E-state index contributed by atoms with van der Waals surface area (Å²) >= 11 is 0. The number of aromatic nitrogens is 1. The molecule has 1 saturated carbocycles. The van der Waals surface area contributed by atoms with Gasteiger partial charge < -0.3 is 15.6 Å². The monoisotopic (exact) mass is 313 g/mol. The molecule has 1 heterocycles. The van der Waals surface area contributed by atoms with Crippen LogP contribution in [0, 0.1) is 5.92 Å². The van der Waals surface area contributed by atoms with E-state index >= 15 is 0 Å². The van der Waals surface area contributed by atoms with Gasteiger partial charge in [-0.05, 0) is 18.8 Å². The van der Waals surface area contributed by atoms with Crippen molar-refractivity contribution in [3.8, 4) is 11.3 Å². The highest BCUT2D eigenvalue weighted by molar-refractivity contribution is 5.93. The lowest BCUT2D eigenvalue weighted by Crippen LogP contribution is -2.46. The van der Waals surface area contributed by atoms with E-state index in [9.17, 15) is 4.79 Å². The van der Waals surface area contributed by atoms with E-state index in [4.69, 9.17) is 10.3 Å². The second-order valence-corrected chi connectivity index (χ2v) is 6.16. The minimum absolute atomic E-state index is 0.0136. The Morgan fingerprint density at radius 2 is 2.00 bits per heavy atom. The van der Waals surface area contributed by atoms with Crippen molar-refractivity contribution in [2.45, 2.75) is 38.1 Å². The van der Waals surface area contributed by atoms with Crippen LogP contribution in [-0.2, 0) is 0 Å². The van der Waals surface area contributed by atoms with E-state index in [1.807, 2.05) is 30.3 Å². The summed E-state index contributed by atoms with van der Waals surface area (Å²) in [5.74, 6) is 0.855. The highest BCUT2D eigenvalue weighted by Crippen LogP contribution is 2.26. The second kappa shape index (κ2) is 7.42. The largest absolute Gasteiger partial charge is 0.355 e. The van der Waals surface area contributed by atoms with Crippen molar-refractivity contribution in [3.05, 3.63) is 42.1 Å². The number of carbonyl (C=O) groups is 1. The Labute approximate surface area is 136 Å². The highest BCUT2D eigenvalue weighted by atomic mass is 16.5.